The Morgan fingerprint density at radius 3 is 2.68 bits per heavy atom. The van der Waals surface area contributed by atoms with Gasteiger partial charge in [0.2, 0.25) is 0 Å². The summed E-state index contributed by atoms with van der Waals surface area (Å²) in [5.74, 6) is 1.69. The molecule has 2 aliphatic heterocycles. The monoisotopic (exact) mass is 349 g/mol. The number of ether oxygens (including phenoxy) is 4. The molecule has 3 rings (SSSR count). The summed E-state index contributed by atoms with van der Waals surface area (Å²) in [6.07, 6.45) is 2.99. The standard InChI is InChI=1S/C20H31NO4/c1-3-10-24-18-6-5-17(14-19(18)23-4-2)15-21-9-13-25-20(16-21)7-11-22-12-8-20/h5-6,14H,3-4,7-13,15-16H2,1-2H3. The fourth-order valence-electron chi connectivity index (χ4n) is 3.61. The summed E-state index contributed by atoms with van der Waals surface area (Å²) in [6.45, 7) is 10.8. The van der Waals surface area contributed by atoms with Crippen molar-refractivity contribution in [2.75, 3.05) is 46.1 Å². The lowest BCUT2D eigenvalue weighted by atomic mass is 9.92. The Labute approximate surface area is 151 Å². The second kappa shape index (κ2) is 8.88. The zero-order chi connectivity index (χ0) is 17.5. The zero-order valence-corrected chi connectivity index (χ0v) is 15.6. The van der Waals surface area contributed by atoms with Gasteiger partial charge in [0.05, 0.1) is 25.4 Å². The van der Waals surface area contributed by atoms with Crippen LogP contribution in [0.4, 0.5) is 0 Å². The van der Waals surface area contributed by atoms with E-state index in [1.54, 1.807) is 0 Å². The van der Waals surface area contributed by atoms with E-state index in [4.69, 9.17) is 18.9 Å². The van der Waals surface area contributed by atoms with Crippen molar-refractivity contribution in [1.29, 1.82) is 0 Å². The average Bonchev–Trinajstić information content (AvgIpc) is 2.62. The minimum atomic E-state index is -0.0105. The fourth-order valence-corrected chi connectivity index (χ4v) is 3.61. The third-order valence-corrected chi connectivity index (χ3v) is 4.91. The van der Waals surface area contributed by atoms with E-state index < -0.39 is 0 Å². The second-order valence-corrected chi connectivity index (χ2v) is 6.92. The summed E-state index contributed by atoms with van der Waals surface area (Å²) in [5.41, 5.74) is 1.25. The second-order valence-electron chi connectivity index (χ2n) is 6.92. The quantitative estimate of drug-likeness (QED) is 0.756. The number of hydrogen-bond acceptors (Lipinski definition) is 5. The van der Waals surface area contributed by atoms with Crippen LogP contribution in [-0.4, -0.2) is 56.6 Å². The van der Waals surface area contributed by atoms with Gasteiger partial charge >= 0.3 is 0 Å². The van der Waals surface area contributed by atoms with Gasteiger partial charge in [-0.1, -0.05) is 13.0 Å². The van der Waals surface area contributed by atoms with Gasteiger partial charge in [0.25, 0.3) is 0 Å². The van der Waals surface area contributed by atoms with Crippen molar-refractivity contribution in [3.63, 3.8) is 0 Å². The predicted molar refractivity (Wildman–Crippen MR) is 97.4 cm³/mol. The lowest BCUT2D eigenvalue weighted by Crippen LogP contribution is -2.54. The maximum atomic E-state index is 6.13. The molecule has 0 saturated carbocycles. The van der Waals surface area contributed by atoms with E-state index in [0.29, 0.717) is 13.2 Å². The van der Waals surface area contributed by atoms with E-state index in [1.165, 1.54) is 5.56 Å². The van der Waals surface area contributed by atoms with Gasteiger partial charge in [-0.3, -0.25) is 4.90 Å². The summed E-state index contributed by atoms with van der Waals surface area (Å²) >= 11 is 0. The van der Waals surface area contributed by atoms with Crippen LogP contribution in [0.2, 0.25) is 0 Å². The Hall–Kier alpha value is -1.30. The van der Waals surface area contributed by atoms with Gasteiger partial charge in [-0.15, -0.1) is 0 Å². The van der Waals surface area contributed by atoms with Gasteiger partial charge in [0.15, 0.2) is 11.5 Å². The highest BCUT2D eigenvalue weighted by Crippen LogP contribution is 2.32. The van der Waals surface area contributed by atoms with Gasteiger partial charge in [0.1, 0.15) is 0 Å². The number of rotatable bonds is 7. The highest BCUT2D eigenvalue weighted by atomic mass is 16.5. The molecule has 0 aromatic heterocycles. The van der Waals surface area contributed by atoms with Crippen LogP contribution in [0, 0.1) is 0 Å². The van der Waals surface area contributed by atoms with E-state index >= 15 is 0 Å². The lowest BCUT2D eigenvalue weighted by Gasteiger charge is -2.44. The molecule has 25 heavy (non-hydrogen) atoms. The molecule has 2 fully saturated rings. The molecule has 0 radical (unpaired) electrons. The Morgan fingerprint density at radius 1 is 1.08 bits per heavy atom. The van der Waals surface area contributed by atoms with Crippen molar-refractivity contribution in [3.05, 3.63) is 23.8 Å². The predicted octanol–water partition coefficient (Wildman–Crippen LogP) is 3.26. The molecule has 2 heterocycles. The van der Waals surface area contributed by atoms with Crippen LogP contribution in [0.3, 0.4) is 0 Å². The van der Waals surface area contributed by atoms with E-state index in [0.717, 1.165) is 70.2 Å². The molecule has 2 aliphatic rings. The first-order valence-corrected chi connectivity index (χ1v) is 9.57. The van der Waals surface area contributed by atoms with Crippen molar-refractivity contribution in [2.24, 2.45) is 0 Å². The van der Waals surface area contributed by atoms with E-state index in [2.05, 4.69) is 24.0 Å². The van der Waals surface area contributed by atoms with Crippen molar-refractivity contribution < 1.29 is 18.9 Å². The molecular formula is C20H31NO4. The summed E-state index contributed by atoms with van der Waals surface area (Å²) in [5, 5.41) is 0. The number of nitrogens with zero attached hydrogens (tertiary/aromatic N) is 1. The van der Waals surface area contributed by atoms with Gasteiger partial charge < -0.3 is 18.9 Å². The summed E-state index contributed by atoms with van der Waals surface area (Å²) in [6, 6.07) is 6.32. The number of benzene rings is 1. The maximum absolute atomic E-state index is 6.13. The van der Waals surface area contributed by atoms with Gasteiger partial charge in [0, 0.05) is 45.7 Å². The van der Waals surface area contributed by atoms with E-state index in [1.807, 2.05) is 13.0 Å². The maximum Gasteiger partial charge on any atom is 0.161 e. The number of hydrogen-bond donors (Lipinski definition) is 0. The molecule has 1 aromatic rings. The Balaban J connectivity index is 1.66. The minimum Gasteiger partial charge on any atom is -0.490 e. The van der Waals surface area contributed by atoms with Crippen molar-refractivity contribution in [1.82, 2.24) is 4.90 Å². The van der Waals surface area contributed by atoms with Crippen LogP contribution >= 0.6 is 0 Å². The molecule has 0 atom stereocenters. The van der Waals surface area contributed by atoms with Gasteiger partial charge in [-0.2, -0.15) is 0 Å². The number of morpholine rings is 1. The molecule has 0 amide bonds. The molecule has 0 unspecified atom stereocenters. The molecule has 140 valence electrons. The van der Waals surface area contributed by atoms with E-state index in [-0.39, 0.29) is 5.60 Å². The third-order valence-electron chi connectivity index (χ3n) is 4.91. The molecule has 1 aromatic carbocycles. The van der Waals surface area contributed by atoms with Crippen molar-refractivity contribution >= 4 is 0 Å². The lowest BCUT2D eigenvalue weighted by molar-refractivity contribution is -0.155. The SMILES string of the molecule is CCCOc1ccc(CN2CCOC3(CCOCC3)C2)cc1OCC. The highest BCUT2D eigenvalue weighted by molar-refractivity contribution is 5.43. The van der Waals surface area contributed by atoms with Gasteiger partial charge in [-0.25, -0.2) is 0 Å². The third kappa shape index (κ3) is 4.87. The first kappa shape index (κ1) is 18.5. The molecule has 1 spiro atoms. The normalized spacial score (nSPS) is 20.6. The summed E-state index contributed by atoms with van der Waals surface area (Å²) < 4.78 is 23.2. The molecular weight excluding hydrogens is 318 g/mol. The fraction of sp³-hybridized carbons (Fsp3) is 0.700. The molecule has 0 aliphatic carbocycles. The smallest absolute Gasteiger partial charge is 0.161 e. The summed E-state index contributed by atoms with van der Waals surface area (Å²) in [4.78, 5) is 2.49. The summed E-state index contributed by atoms with van der Waals surface area (Å²) in [7, 11) is 0. The van der Waals surface area contributed by atoms with Gasteiger partial charge in [-0.05, 0) is 31.0 Å². The first-order chi connectivity index (χ1) is 12.2. The van der Waals surface area contributed by atoms with Crippen LogP contribution < -0.4 is 9.47 Å². The first-order valence-electron chi connectivity index (χ1n) is 9.57. The minimum absolute atomic E-state index is 0.0105. The van der Waals surface area contributed by atoms with Crippen LogP contribution in [0.25, 0.3) is 0 Å². The topological polar surface area (TPSA) is 40.2 Å². The van der Waals surface area contributed by atoms with Crippen molar-refractivity contribution in [2.45, 2.75) is 45.3 Å². The van der Waals surface area contributed by atoms with E-state index in [9.17, 15) is 0 Å². The molecule has 0 N–H and O–H groups in total. The Kier molecular flexibility index (Phi) is 6.57. The zero-order valence-electron chi connectivity index (χ0n) is 15.6. The Morgan fingerprint density at radius 2 is 1.92 bits per heavy atom. The molecule has 5 nitrogen and oxygen atoms in total. The van der Waals surface area contributed by atoms with Crippen LogP contribution in [-0.2, 0) is 16.0 Å². The highest BCUT2D eigenvalue weighted by Gasteiger charge is 2.38. The Bertz CT molecular complexity index is 537. The molecule has 5 heteroatoms. The van der Waals surface area contributed by atoms with Crippen LogP contribution in [0.5, 0.6) is 11.5 Å². The average molecular weight is 349 g/mol. The largest absolute Gasteiger partial charge is 0.490 e. The van der Waals surface area contributed by atoms with Crippen LogP contribution in [0.1, 0.15) is 38.7 Å². The van der Waals surface area contributed by atoms with Crippen molar-refractivity contribution in [3.8, 4) is 11.5 Å². The van der Waals surface area contributed by atoms with Crippen LogP contribution in [0.15, 0.2) is 18.2 Å². The molecule has 0 bridgehead atoms. The molecule has 2 saturated heterocycles.